The fourth-order valence-corrected chi connectivity index (χ4v) is 5.86. The van der Waals surface area contributed by atoms with Crippen molar-refractivity contribution < 1.29 is 8.42 Å². The van der Waals surface area contributed by atoms with Crippen LogP contribution in [0, 0.1) is 5.92 Å². The standard InChI is InChI=1S/C18H27N3O2S2.ClH/c1-12(19)13-6-5-9-21(11-13)25(22,23)14-7-8-15-16(10-14)24-17(20-15)18(2,3)4;/h7-8,10,12-13H,5-6,9,11,19H2,1-4H3;1H. The summed E-state index contributed by atoms with van der Waals surface area (Å²) in [5, 5.41) is 1.02. The van der Waals surface area contributed by atoms with E-state index in [1.165, 1.54) is 0 Å². The second-order valence-electron chi connectivity index (χ2n) is 8.02. The number of aromatic nitrogens is 1. The van der Waals surface area contributed by atoms with E-state index in [1.54, 1.807) is 27.8 Å². The van der Waals surface area contributed by atoms with Crippen molar-refractivity contribution in [1.82, 2.24) is 9.29 Å². The lowest BCUT2D eigenvalue weighted by Gasteiger charge is -2.33. The molecule has 1 aliphatic rings. The van der Waals surface area contributed by atoms with Crippen molar-refractivity contribution in [2.45, 2.75) is 56.9 Å². The molecular weight excluding hydrogens is 390 g/mol. The fourth-order valence-electron chi connectivity index (χ4n) is 3.16. The Morgan fingerprint density at radius 3 is 2.65 bits per heavy atom. The van der Waals surface area contributed by atoms with E-state index in [4.69, 9.17) is 5.73 Å². The Hall–Kier alpha value is -0.730. The van der Waals surface area contributed by atoms with Crippen LogP contribution in [0.3, 0.4) is 0 Å². The quantitative estimate of drug-likeness (QED) is 0.824. The van der Waals surface area contributed by atoms with Gasteiger partial charge in [-0.3, -0.25) is 0 Å². The van der Waals surface area contributed by atoms with Crippen molar-refractivity contribution in [3.8, 4) is 0 Å². The summed E-state index contributed by atoms with van der Waals surface area (Å²) in [6.45, 7) is 9.38. The van der Waals surface area contributed by atoms with Gasteiger partial charge in [0, 0.05) is 24.5 Å². The van der Waals surface area contributed by atoms with Gasteiger partial charge in [0.25, 0.3) is 0 Å². The molecule has 0 spiro atoms. The van der Waals surface area contributed by atoms with Crippen molar-refractivity contribution in [3.63, 3.8) is 0 Å². The van der Waals surface area contributed by atoms with Gasteiger partial charge in [-0.05, 0) is 43.9 Å². The van der Waals surface area contributed by atoms with Crippen LogP contribution in [0.25, 0.3) is 10.2 Å². The number of nitrogens with two attached hydrogens (primary N) is 1. The molecule has 0 radical (unpaired) electrons. The molecular formula is C18H28ClN3O2S2. The minimum absolute atomic E-state index is 0. The van der Waals surface area contributed by atoms with Crippen molar-refractivity contribution in [2.24, 2.45) is 11.7 Å². The molecule has 2 heterocycles. The van der Waals surface area contributed by atoms with Gasteiger partial charge in [0.15, 0.2) is 0 Å². The summed E-state index contributed by atoms with van der Waals surface area (Å²) in [5.74, 6) is 0.225. The maximum Gasteiger partial charge on any atom is 0.243 e. The topological polar surface area (TPSA) is 76.3 Å². The molecule has 8 heteroatoms. The van der Waals surface area contributed by atoms with E-state index in [-0.39, 0.29) is 29.8 Å². The van der Waals surface area contributed by atoms with Crippen LogP contribution in [0.4, 0.5) is 0 Å². The van der Waals surface area contributed by atoms with Crippen molar-refractivity contribution in [2.75, 3.05) is 13.1 Å². The number of sulfonamides is 1. The van der Waals surface area contributed by atoms with Gasteiger partial charge in [-0.15, -0.1) is 23.7 Å². The first-order chi connectivity index (χ1) is 11.6. The second-order valence-corrected chi connectivity index (χ2v) is 11.0. The molecule has 3 rings (SSSR count). The largest absolute Gasteiger partial charge is 0.328 e. The van der Waals surface area contributed by atoms with Gasteiger partial charge >= 0.3 is 0 Å². The summed E-state index contributed by atoms with van der Waals surface area (Å²) in [7, 11) is -3.49. The molecule has 2 aromatic rings. The minimum Gasteiger partial charge on any atom is -0.328 e. The normalized spacial score (nSPS) is 20.7. The van der Waals surface area contributed by atoms with Gasteiger partial charge < -0.3 is 5.73 Å². The van der Waals surface area contributed by atoms with Crippen LogP contribution in [0.2, 0.25) is 0 Å². The van der Waals surface area contributed by atoms with E-state index < -0.39 is 10.0 Å². The zero-order valence-electron chi connectivity index (χ0n) is 15.7. The van der Waals surface area contributed by atoms with Crippen LogP contribution < -0.4 is 5.73 Å². The first-order valence-corrected chi connectivity index (χ1v) is 11.0. The maximum absolute atomic E-state index is 13.1. The zero-order chi connectivity index (χ0) is 18.4. The molecule has 1 fully saturated rings. The Bertz CT molecular complexity index is 872. The zero-order valence-corrected chi connectivity index (χ0v) is 18.2. The summed E-state index contributed by atoms with van der Waals surface area (Å²) in [6, 6.07) is 5.28. The van der Waals surface area contributed by atoms with Crippen molar-refractivity contribution in [1.29, 1.82) is 0 Å². The molecule has 1 aromatic carbocycles. The molecule has 2 atom stereocenters. The van der Waals surface area contributed by atoms with Crippen LogP contribution in [0.1, 0.15) is 45.5 Å². The second kappa shape index (κ2) is 7.72. The molecule has 1 saturated heterocycles. The number of fused-ring (bicyclic) bond motifs is 1. The summed E-state index contributed by atoms with van der Waals surface area (Å²) >= 11 is 1.57. The van der Waals surface area contributed by atoms with Crippen molar-refractivity contribution in [3.05, 3.63) is 23.2 Å². The van der Waals surface area contributed by atoms with E-state index in [0.29, 0.717) is 18.0 Å². The Balaban J connectivity index is 0.00000243. The molecule has 2 unspecified atom stereocenters. The number of hydrogen-bond acceptors (Lipinski definition) is 5. The van der Waals surface area contributed by atoms with Crippen LogP contribution in [0.15, 0.2) is 23.1 Å². The first kappa shape index (κ1) is 21.6. The molecule has 0 amide bonds. The molecule has 2 N–H and O–H groups in total. The van der Waals surface area contributed by atoms with Crippen LogP contribution >= 0.6 is 23.7 Å². The lowest BCUT2D eigenvalue weighted by Crippen LogP contribution is -2.44. The molecule has 5 nitrogen and oxygen atoms in total. The Morgan fingerprint density at radius 2 is 2.04 bits per heavy atom. The summed E-state index contributed by atoms with van der Waals surface area (Å²) in [4.78, 5) is 5.00. The number of nitrogens with zero attached hydrogens (tertiary/aromatic N) is 2. The first-order valence-electron chi connectivity index (χ1n) is 8.76. The van der Waals surface area contributed by atoms with Crippen LogP contribution in [-0.2, 0) is 15.4 Å². The Labute approximate surface area is 166 Å². The van der Waals surface area contributed by atoms with E-state index in [1.807, 2.05) is 13.0 Å². The predicted octanol–water partition coefficient (Wildman–Crippen LogP) is 3.76. The fraction of sp³-hybridized carbons (Fsp3) is 0.611. The van der Waals surface area contributed by atoms with Crippen LogP contribution in [0.5, 0.6) is 0 Å². The number of hydrogen-bond donors (Lipinski definition) is 1. The van der Waals surface area contributed by atoms with Gasteiger partial charge in [-0.25, -0.2) is 13.4 Å². The van der Waals surface area contributed by atoms with Gasteiger partial charge in [-0.2, -0.15) is 4.31 Å². The number of benzene rings is 1. The molecule has 26 heavy (non-hydrogen) atoms. The summed E-state index contributed by atoms with van der Waals surface area (Å²) in [6.07, 6.45) is 1.86. The van der Waals surface area contributed by atoms with Gasteiger partial charge in [0.05, 0.1) is 20.1 Å². The average molecular weight is 418 g/mol. The molecule has 1 aliphatic heterocycles. The SMILES string of the molecule is CC(N)C1CCCN(S(=O)(=O)c2ccc3nc(C(C)(C)C)sc3c2)C1.Cl. The third-order valence-corrected chi connectivity index (χ3v) is 8.11. The molecule has 146 valence electrons. The lowest BCUT2D eigenvalue weighted by molar-refractivity contribution is 0.243. The lowest BCUT2D eigenvalue weighted by atomic mass is 9.93. The highest BCUT2D eigenvalue weighted by molar-refractivity contribution is 7.89. The number of thiazole rings is 1. The molecule has 0 saturated carbocycles. The molecule has 0 aliphatic carbocycles. The monoisotopic (exact) mass is 417 g/mol. The van der Waals surface area contributed by atoms with E-state index in [9.17, 15) is 8.42 Å². The predicted molar refractivity (Wildman–Crippen MR) is 111 cm³/mol. The van der Waals surface area contributed by atoms with Gasteiger partial charge in [0.1, 0.15) is 0 Å². The van der Waals surface area contributed by atoms with E-state index in [0.717, 1.165) is 28.1 Å². The highest BCUT2D eigenvalue weighted by Gasteiger charge is 2.32. The van der Waals surface area contributed by atoms with Crippen molar-refractivity contribution >= 4 is 44.0 Å². The van der Waals surface area contributed by atoms with Gasteiger partial charge in [-0.1, -0.05) is 20.8 Å². The third kappa shape index (κ3) is 4.22. The number of rotatable bonds is 3. The minimum atomic E-state index is -3.49. The summed E-state index contributed by atoms with van der Waals surface area (Å²) < 4.78 is 28.7. The maximum atomic E-state index is 13.1. The number of piperidine rings is 1. The number of halogens is 1. The van der Waals surface area contributed by atoms with E-state index in [2.05, 4.69) is 25.8 Å². The van der Waals surface area contributed by atoms with Crippen LogP contribution in [-0.4, -0.2) is 36.8 Å². The Morgan fingerprint density at radius 1 is 1.35 bits per heavy atom. The van der Waals surface area contributed by atoms with Gasteiger partial charge in [0.2, 0.25) is 10.0 Å². The molecule has 0 bridgehead atoms. The highest BCUT2D eigenvalue weighted by atomic mass is 35.5. The van der Waals surface area contributed by atoms with E-state index >= 15 is 0 Å². The Kier molecular flexibility index (Phi) is 6.40. The molecule has 1 aromatic heterocycles. The summed E-state index contributed by atoms with van der Waals surface area (Å²) in [5.41, 5.74) is 6.82. The smallest absolute Gasteiger partial charge is 0.243 e. The average Bonchev–Trinajstić information content (AvgIpc) is 2.98. The highest BCUT2D eigenvalue weighted by Crippen LogP contribution is 2.33. The third-order valence-electron chi connectivity index (χ3n) is 4.80.